The van der Waals surface area contributed by atoms with E-state index in [1.807, 2.05) is 0 Å². The SMILES string of the molecule is CC(C)Cc1ccc(CCC(=O)CCC(=O)NCCCN(C)CCCNC(=O)CC(C)(C)C)cc1. The molecule has 0 bridgehead atoms. The molecular formula is C29H49N3O3. The van der Waals surface area contributed by atoms with Gasteiger partial charge in [-0.2, -0.15) is 0 Å². The smallest absolute Gasteiger partial charge is 0.220 e. The molecule has 6 nitrogen and oxygen atoms in total. The highest BCUT2D eigenvalue weighted by Crippen LogP contribution is 2.17. The zero-order chi connectivity index (χ0) is 26.3. The van der Waals surface area contributed by atoms with Crippen LogP contribution in [0.3, 0.4) is 0 Å². The van der Waals surface area contributed by atoms with Gasteiger partial charge in [0.25, 0.3) is 0 Å². The average molecular weight is 488 g/mol. The van der Waals surface area contributed by atoms with Crippen molar-refractivity contribution in [3.05, 3.63) is 35.4 Å². The lowest BCUT2D eigenvalue weighted by atomic mass is 9.92. The summed E-state index contributed by atoms with van der Waals surface area (Å²) in [6.45, 7) is 13.7. The largest absolute Gasteiger partial charge is 0.356 e. The monoisotopic (exact) mass is 487 g/mol. The van der Waals surface area contributed by atoms with Crippen molar-refractivity contribution < 1.29 is 14.4 Å². The maximum absolute atomic E-state index is 12.2. The van der Waals surface area contributed by atoms with E-state index in [1.54, 1.807) is 0 Å². The normalized spacial score (nSPS) is 11.7. The molecular weight excluding hydrogens is 438 g/mol. The predicted molar refractivity (Wildman–Crippen MR) is 144 cm³/mol. The van der Waals surface area contributed by atoms with Gasteiger partial charge in [0.2, 0.25) is 11.8 Å². The highest BCUT2D eigenvalue weighted by atomic mass is 16.2. The summed E-state index contributed by atoms with van der Waals surface area (Å²) in [4.78, 5) is 38.3. The lowest BCUT2D eigenvalue weighted by Gasteiger charge is -2.19. The van der Waals surface area contributed by atoms with Gasteiger partial charge in [-0.3, -0.25) is 14.4 Å². The molecule has 0 spiro atoms. The van der Waals surface area contributed by atoms with Gasteiger partial charge in [-0.1, -0.05) is 58.9 Å². The molecule has 35 heavy (non-hydrogen) atoms. The number of hydrogen-bond donors (Lipinski definition) is 2. The molecule has 0 aromatic heterocycles. The third kappa shape index (κ3) is 17.0. The Morgan fingerprint density at radius 1 is 0.829 bits per heavy atom. The third-order valence-electron chi connectivity index (χ3n) is 5.76. The van der Waals surface area contributed by atoms with Crippen LogP contribution in [0.4, 0.5) is 0 Å². The average Bonchev–Trinajstić information content (AvgIpc) is 2.76. The van der Waals surface area contributed by atoms with E-state index in [9.17, 15) is 14.4 Å². The van der Waals surface area contributed by atoms with E-state index in [4.69, 9.17) is 0 Å². The van der Waals surface area contributed by atoms with Crippen molar-refractivity contribution in [2.45, 2.75) is 86.0 Å². The van der Waals surface area contributed by atoms with Crippen LogP contribution in [-0.2, 0) is 27.2 Å². The van der Waals surface area contributed by atoms with E-state index >= 15 is 0 Å². The van der Waals surface area contributed by atoms with Gasteiger partial charge in [0.1, 0.15) is 5.78 Å². The van der Waals surface area contributed by atoms with Gasteiger partial charge in [-0.05, 0) is 68.3 Å². The first-order valence-corrected chi connectivity index (χ1v) is 13.3. The second kappa shape index (κ2) is 16.5. The summed E-state index contributed by atoms with van der Waals surface area (Å²) >= 11 is 0. The fourth-order valence-corrected chi connectivity index (χ4v) is 3.87. The van der Waals surface area contributed by atoms with E-state index in [0.29, 0.717) is 38.3 Å². The van der Waals surface area contributed by atoms with Gasteiger partial charge in [0.15, 0.2) is 0 Å². The van der Waals surface area contributed by atoms with Crippen molar-refractivity contribution in [1.29, 1.82) is 0 Å². The Balaban J connectivity index is 2.06. The number of nitrogens with one attached hydrogen (secondary N) is 2. The number of carbonyl (C=O) groups is 3. The van der Waals surface area contributed by atoms with E-state index in [0.717, 1.165) is 38.8 Å². The lowest BCUT2D eigenvalue weighted by molar-refractivity contribution is -0.125. The molecule has 0 aliphatic carbocycles. The molecule has 0 aliphatic heterocycles. The highest BCUT2D eigenvalue weighted by Gasteiger charge is 2.15. The van der Waals surface area contributed by atoms with Gasteiger partial charge >= 0.3 is 0 Å². The molecule has 0 radical (unpaired) electrons. The fourth-order valence-electron chi connectivity index (χ4n) is 3.87. The summed E-state index contributed by atoms with van der Waals surface area (Å²) in [5, 5.41) is 5.89. The van der Waals surface area contributed by atoms with Crippen LogP contribution in [-0.4, -0.2) is 55.7 Å². The van der Waals surface area contributed by atoms with Crippen molar-refractivity contribution in [3.8, 4) is 0 Å². The summed E-state index contributed by atoms with van der Waals surface area (Å²) < 4.78 is 0. The van der Waals surface area contributed by atoms with Crippen LogP contribution in [0.2, 0.25) is 0 Å². The minimum atomic E-state index is -0.0550. The number of rotatable bonds is 17. The van der Waals surface area contributed by atoms with Crippen LogP contribution in [0, 0.1) is 11.3 Å². The van der Waals surface area contributed by atoms with Crippen molar-refractivity contribution >= 4 is 17.6 Å². The van der Waals surface area contributed by atoms with E-state index in [-0.39, 0.29) is 29.4 Å². The Morgan fingerprint density at radius 2 is 1.37 bits per heavy atom. The van der Waals surface area contributed by atoms with Crippen molar-refractivity contribution in [2.75, 3.05) is 33.2 Å². The molecule has 2 N–H and O–H groups in total. The number of carbonyl (C=O) groups excluding carboxylic acids is 3. The van der Waals surface area contributed by atoms with Crippen molar-refractivity contribution in [1.82, 2.24) is 15.5 Å². The van der Waals surface area contributed by atoms with Crippen LogP contribution < -0.4 is 10.6 Å². The Labute approximate surface area is 213 Å². The van der Waals surface area contributed by atoms with Crippen LogP contribution in [0.5, 0.6) is 0 Å². The minimum absolute atomic E-state index is 0.0123. The summed E-state index contributed by atoms with van der Waals surface area (Å²) in [6.07, 6.45) is 5.16. The minimum Gasteiger partial charge on any atom is -0.356 e. The summed E-state index contributed by atoms with van der Waals surface area (Å²) in [7, 11) is 2.05. The van der Waals surface area contributed by atoms with Crippen molar-refractivity contribution in [2.24, 2.45) is 11.3 Å². The standard InChI is InChI=1S/C29H49N3O3/c1-23(2)21-25-11-9-24(10-12-25)13-14-26(33)15-16-27(34)30-17-7-19-32(6)20-8-18-31-28(35)22-29(3,4)5/h9-12,23H,7-8,13-22H2,1-6H3,(H,30,34)(H,31,35). The molecule has 2 amide bonds. The number of ketones is 1. The van der Waals surface area contributed by atoms with Gasteiger partial charge in [0, 0.05) is 38.8 Å². The van der Waals surface area contributed by atoms with Gasteiger partial charge in [-0.15, -0.1) is 0 Å². The summed E-state index contributed by atoms with van der Waals surface area (Å²) in [5.41, 5.74) is 2.52. The maximum atomic E-state index is 12.2. The summed E-state index contributed by atoms with van der Waals surface area (Å²) in [6, 6.07) is 8.52. The molecule has 1 aromatic carbocycles. The Bertz CT molecular complexity index is 766. The second-order valence-electron chi connectivity index (χ2n) is 11.4. The van der Waals surface area contributed by atoms with Crippen LogP contribution in [0.25, 0.3) is 0 Å². The lowest BCUT2D eigenvalue weighted by Crippen LogP contribution is -2.32. The number of benzene rings is 1. The molecule has 6 heteroatoms. The van der Waals surface area contributed by atoms with Crippen molar-refractivity contribution in [3.63, 3.8) is 0 Å². The van der Waals surface area contributed by atoms with E-state index in [2.05, 4.69) is 81.5 Å². The number of nitrogens with zero attached hydrogens (tertiary/aromatic N) is 1. The number of Topliss-reactive ketones (excluding diaryl/α,β-unsaturated/α-hetero) is 1. The molecule has 0 atom stereocenters. The molecule has 0 fully saturated rings. The Kier molecular flexibility index (Phi) is 14.5. The number of amides is 2. The molecule has 0 saturated carbocycles. The number of hydrogen-bond acceptors (Lipinski definition) is 4. The predicted octanol–water partition coefficient (Wildman–Crippen LogP) is 4.55. The molecule has 1 rings (SSSR count). The number of aryl methyl sites for hydroxylation is 1. The molecule has 0 heterocycles. The van der Waals surface area contributed by atoms with Crippen LogP contribution in [0.1, 0.15) is 84.3 Å². The maximum Gasteiger partial charge on any atom is 0.220 e. The van der Waals surface area contributed by atoms with Gasteiger partial charge < -0.3 is 15.5 Å². The van der Waals surface area contributed by atoms with Crippen LogP contribution in [0.15, 0.2) is 24.3 Å². The van der Waals surface area contributed by atoms with Crippen LogP contribution >= 0.6 is 0 Å². The first kappa shape index (κ1) is 30.8. The fraction of sp³-hybridized carbons (Fsp3) is 0.690. The van der Waals surface area contributed by atoms with E-state index < -0.39 is 0 Å². The Morgan fingerprint density at radius 3 is 1.91 bits per heavy atom. The highest BCUT2D eigenvalue weighted by molar-refractivity contribution is 5.85. The van der Waals surface area contributed by atoms with E-state index in [1.165, 1.54) is 11.1 Å². The first-order valence-electron chi connectivity index (χ1n) is 13.3. The quantitative estimate of drug-likeness (QED) is 0.316. The third-order valence-corrected chi connectivity index (χ3v) is 5.76. The molecule has 0 saturated heterocycles. The van der Waals surface area contributed by atoms with Gasteiger partial charge in [-0.25, -0.2) is 0 Å². The Hall–Kier alpha value is -2.21. The zero-order valence-corrected chi connectivity index (χ0v) is 23.0. The molecule has 1 aromatic rings. The molecule has 0 unspecified atom stereocenters. The summed E-state index contributed by atoms with van der Waals surface area (Å²) in [5.74, 6) is 0.830. The second-order valence-corrected chi connectivity index (χ2v) is 11.4. The zero-order valence-electron chi connectivity index (χ0n) is 23.0. The molecule has 0 aliphatic rings. The first-order chi connectivity index (χ1) is 16.4. The topological polar surface area (TPSA) is 78.5 Å². The molecule has 198 valence electrons. The van der Waals surface area contributed by atoms with Gasteiger partial charge in [0.05, 0.1) is 0 Å².